The van der Waals surface area contributed by atoms with E-state index in [0.717, 1.165) is 11.3 Å². The van der Waals surface area contributed by atoms with Crippen LogP contribution in [-0.4, -0.2) is 23.5 Å². The lowest BCUT2D eigenvalue weighted by molar-refractivity contribution is -0.128. The first kappa shape index (κ1) is 17.7. The van der Waals surface area contributed by atoms with Gasteiger partial charge in [0.2, 0.25) is 11.8 Å². The molecule has 2 rings (SSSR count). The summed E-state index contributed by atoms with van der Waals surface area (Å²) in [6.45, 7) is 6.07. The lowest BCUT2D eigenvalue weighted by atomic mass is 9.96. The van der Waals surface area contributed by atoms with Crippen LogP contribution in [0.4, 0.5) is 0 Å². The highest BCUT2D eigenvalue weighted by Gasteiger charge is 2.20. The molecule has 6 nitrogen and oxygen atoms in total. The molecule has 0 saturated carbocycles. The predicted molar refractivity (Wildman–Crippen MR) is 90.9 cm³/mol. The van der Waals surface area contributed by atoms with Gasteiger partial charge in [-0.05, 0) is 0 Å². The van der Waals surface area contributed by atoms with Gasteiger partial charge in [-0.3, -0.25) is 9.59 Å². The molecule has 1 heterocycles. The van der Waals surface area contributed by atoms with Crippen molar-refractivity contribution in [3.05, 3.63) is 42.2 Å². The number of hydrogen-bond donors (Lipinski definition) is 2. The van der Waals surface area contributed by atoms with Gasteiger partial charge in [0.1, 0.15) is 5.69 Å². The van der Waals surface area contributed by atoms with Crippen LogP contribution in [0.15, 0.2) is 40.9 Å². The third-order valence-corrected chi connectivity index (χ3v) is 3.41. The molecular weight excluding hydrogens is 306 g/mol. The van der Waals surface area contributed by atoms with Crippen LogP contribution in [0.1, 0.15) is 33.0 Å². The van der Waals surface area contributed by atoms with Crippen LogP contribution < -0.4 is 10.6 Å². The van der Waals surface area contributed by atoms with Crippen LogP contribution in [0.5, 0.6) is 0 Å². The molecule has 0 aliphatic carbocycles. The maximum Gasteiger partial charge on any atom is 0.225 e. The van der Waals surface area contributed by atoms with Crippen molar-refractivity contribution < 1.29 is 14.1 Å². The minimum Gasteiger partial charge on any atom is -0.359 e. The number of rotatable bonds is 6. The summed E-state index contributed by atoms with van der Waals surface area (Å²) in [5, 5.41) is 9.49. The standard InChI is InChI=1S/C18H23N3O3/c1-18(2,3)17(23)19-10-9-16(22)20-12-14-11-15(21-24-14)13-7-5-4-6-8-13/h4-8,11H,9-10,12H2,1-3H3,(H,19,23)(H,20,22). The largest absolute Gasteiger partial charge is 0.359 e. The fourth-order valence-corrected chi connectivity index (χ4v) is 1.97. The third-order valence-electron chi connectivity index (χ3n) is 3.41. The highest BCUT2D eigenvalue weighted by molar-refractivity contribution is 5.82. The zero-order valence-electron chi connectivity index (χ0n) is 14.3. The second-order valence-corrected chi connectivity index (χ2v) is 6.58. The predicted octanol–water partition coefficient (Wildman–Crippen LogP) is 2.51. The van der Waals surface area contributed by atoms with Crippen molar-refractivity contribution in [1.82, 2.24) is 15.8 Å². The number of benzene rings is 1. The van der Waals surface area contributed by atoms with E-state index in [1.165, 1.54) is 0 Å². The van der Waals surface area contributed by atoms with E-state index in [1.807, 2.05) is 51.1 Å². The number of amides is 2. The Bertz CT molecular complexity index is 687. The summed E-state index contributed by atoms with van der Waals surface area (Å²) in [6.07, 6.45) is 0.224. The fraction of sp³-hybridized carbons (Fsp3) is 0.389. The number of hydrogen-bond acceptors (Lipinski definition) is 4. The Labute approximate surface area is 141 Å². The Morgan fingerprint density at radius 3 is 2.50 bits per heavy atom. The minimum absolute atomic E-state index is 0.0713. The number of carbonyl (C=O) groups excluding carboxylic acids is 2. The van der Waals surface area contributed by atoms with Crippen molar-refractivity contribution in [2.24, 2.45) is 5.41 Å². The van der Waals surface area contributed by atoms with E-state index in [1.54, 1.807) is 6.07 Å². The van der Waals surface area contributed by atoms with Crippen LogP contribution in [0.2, 0.25) is 0 Å². The molecule has 6 heteroatoms. The molecule has 0 atom stereocenters. The smallest absolute Gasteiger partial charge is 0.225 e. The zero-order chi connectivity index (χ0) is 17.6. The molecule has 24 heavy (non-hydrogen) atoms. The summed E-state index contributed by atoms with van der Waals surface area (Å²) in [5.41, 5.74) is 1.24. The van der Waals surface area contributed by atoms with Gasteiger partial charge in [0.05, 0.1) is 6.54 Å². The molecule has 1 aromatic heterocycles. The third kappa shape index (κ3) is 5.22. The van der Waals surface area contributed by atoms with Crippen molar-refractivity contribution in [2.75, 3.05) is 6.54 Å². The first-order valence-corrected chi connectivity index (χ1v) is 7.92. The summed E-state index contributed by atoms with van der Waals surface area (Å²) < 4.78 is 5.22. The number of aromatic nitrogens is 1. The average Bonchev–Trinajstić information content (AvgIpc) is 3.02. The molecule has 0 spiro atoms. The molecule has 0 radical (unpaired) electrons. The second kappa shape index (κ2) is 7.77. The quantitative estimate of drug-likeness (QED) is 0.853. The summed E-state index contributed by atoms with van der Waals surface area (Å²) in [7, 11) is 0. The lowest BCUT2D eigenvalue weighted by Gasteiger charge is -2.17. The molecule has 2 amide bonds. The molecule has 0 aliphatic rings. The van der Waals surface area contributed by atoms with Crippen LogP contribution >= 0.6 is 0 Å². The summed E-state index contributed by atoms with van der Waals surface area (Å²) in [5.74, 6) is 0.362. The molecular formula is C18H23N3O3. The van der Waals surface area contributed by atoms with E-state index in [0.29, 0.717) is 12.3 Å². The first-order chi connectivity index (χ1) is 11.4. The Balaban J connectivity index is 1.75. The highest BCUT2D eigenvalue weighted by Crippen LogP contribution is 2.18. The van der Waals surface area contributed by atoms with E-state index < -0.39 is 5.41 Å². The van der Waals surface area contributed by atoms with Crippen molar-refractivity contribution >= 4 is 11.8 Å². The molecule has 128 valence electrons. The monoisotopic (exact) mass is 329 g/mol. The second-order valence-electron chi connectivity index (χ2n) is 6.58. The lowest BCUT2D eigenvalue weighted by Crippen LogP contribution is -2.37. The molecule has 0 unspecified atom stereocenters. The molecule has 0 aliphatic heterocycles. The first-order valence-electron chi connectivity index (χ1n) is 7.92. The van der Waals surface area contributed by atoms with Crippen LogP contribution in [0.3, 0.4) is 0 Å². The van der Waals surface area contributed by atoms with Crippen molar-refractivity contribution in [3.63, 3.8) is 0 Å². The molecule has 0 saturated heterocycles. The topological polar surface area (TPSA) is 84.2 Å². The van der Waals surface area contributed by atoms with Gasteiger partial charge in [-0.1, -0.05) is 56.3 Å². The van der Waals surface area contributed by atoms with E-state index in [2.05, 4.69) is 15.8 Å². The fourth-order valence-electron chi connectivity index (χ4n) is 1.97. The number of nitrogens with zero attached hydrogens (tertiary/aromatic N) is 1. The minimum atomic E-state index is -0.454. The molecule has 1 aromatic carbocycles. The Hall–Kier alpha value is -2.63. The molecule has 2 aromatic rings. The zero-order valence-corrected chi connectivity index (χ0v) is 14.3. The molecule has 0 fully saturated rings. The van der Waals surface area contributed by atoms with E-state index >= 15 is 0 Å². The molecule has 2 N–H and O–H groups in total. The van der Waals surface area contributed by atoms with Gasteiger partial charge >= 0.3 is 0 Å². The maximum absolute atomic E-state index is 11.8. The van der Waals surface area contributed by atoms with Gasteiger partial charge in [0, 0.05) is 30.0 Å². The number of carbonyl (C=O) groups is 2. The van der Waals surface area contributed by atoms with Gasteiger partial charge in [-0.25, -0.2) is 0 Å². The van der Waals surface area contributed by atoms with Crippen molar-refractivity contribution in [2.45, 2.75) is 33.7 Å². The van der Waals surface area contributed by atoms with Crippen LogP contribution in [-0.2, 0) is 16.1 Å². The SMILES string of the molecule is CC(C)(C)C(=O)NCCC(=O)NCc1cc(-c2ccccc2)no1. The summed E-state index contributed by atoms with van der Waals surface area (Å²) in [6, 6.07) is 11.5. The van der Waals surface area contributed by atoms with Crippen molar-refractivity contribution in [3.8, 4) is 11.3 Å². The van der Waals surface area contributed by atoms with Crippen LogP contribution in [0, 0.1) is 5.41 Å². The average molecular weight is 329 g/mol. The summed E-state index contributed by atoms with van der Waals surface area (Å²) >= 11 is 0. The molecule has 0 bridgehead atoms. The Morgan fingerprint density at radius 1 is 1.12 bits per heavy atom. The Kier molecular flexibility index (Phi) is 5.73. The highest BCUT2D eigenvalue weighted by atomic mass is 16.5. The van der Waals surface area contributed by atoms with E-state index in [-0.39, 0.29) is 24.8 Å². The maximum atomic E-state index is 11.8. The van der Waals surface area contributed by atoms with E-state index in [4.69, 9.17) is 4.52 Å². The van der Waals surface area contributed by atoms with Gasteiger partial charge in [-0.2, -0.15) is 0 Å². The van der Waals surface area contributed by atoms with E-state index in [9.17, 15) is 9.59 Å². The Morgan fingerprint density at radius 2 is 1.83 bits per heavy atom. The van der Waals surface area contributed by atoms with Gasteiger partial charge < -0.3 is 15.2 Å². The van der Waals surface area contributed by atoms with Crippen LogP contribution in [0.25, 0.3) is 11.3 Å². The normalized spacial score (nSPS) is 11.1. The van der Waals surface area contributed by atoms with Gasteiger partial charge in [0.15, 0.2) is 5.76 Å². The summed E-state index contributed by atoms with van der Waals surface area (Å²) in [4.78, 5) is 23.5. The van der Waals surface area contributed by atoms with Gasteiger partial charge in [-0.15, -0.1) is 0 Å². The number of nitrogens with one attached hydrogen (secondary N) is 2. The van der Waals surface area contributed by atoms with Gasteiger partial charge in [0.25, 0.3) is 0 Å². The van der Waals surface area contributed by atoms with Crippen molar-refractivity contribution in [1.29, 1.82) is 0 Å².